The van der Waals surface area contributed by atoms with E-state index >= 15 is 0 Å². The highest BCUT2D eigenvalue weighted by molar-refractivity contribution is 5.87. The predicted octanol–water partition coefficient (Wildman–Crippen LogP) is 3.76. The van der Waals surface area contributed by atoms with Gasteiger partial charge in [0.05, 0.1) is 5.56 Å². The number of hydrogen-bond acceptors (Lipinski definition) is 2. The van der Waals surface area contributed by atoms with Gasteiger partial charge in [-0.25, -0.2) is 4.79 Å². The number of carboxylic acids is 1. The first-order chi connectivity index (χ1) is 10.5. The van der Waals surface area contributed by atoms with Crippen molar-refractivity contribution in [3.8, 4) is 0 Å². The molecule has 0 heterocycles. The van der Waals surface area contributed by atoms with Crippen molar-refractivity contribution < 1.29 is 9.90 Å². The lowest BCUT2D eigenvalue weighted by molar-refractivity contribution is 0.0696. The Kier molecular flexibility index (Phi) is 5.34. The SMILES string of the molecule is Cc1ccc(CC(C)N(C)Cc2cccc(C(=O)O)c2)cc1. The molecular formula is C19H23NO2. The van der Waals surface area contributed by atoms with E-state index < -0.39 is 5.97 Å². The summed E-state index contributed by atoms with van der Waals surface area (Å²) in [4.78, 5) is 13.3. The second-order valence-electron chi connectivity index (χ2n) is 5.96. The molecule has 0 aliphatic carbocycles. The van der Waals surface area contributed by atoms with Crippen LogP contribution < -0.4 is 0 Å². The predicted molar refractivity (Wildman–Crippen MR) is 89.2 cm³/mol. The Morgan fingerprint density at radius 2 is 1.82 bits per heavy atom. The molecule has 22 heavy (non-hydrogen) atoms. The van der Waals surface area contributed by atoms with Crippen LogP contribution in [0.15, 0.2) is 48.5 Å². The molecule has 0 aliphatic heterocycles. The molecule has 2 rings (SSSR count). The molecule has 2 aromatic rings. The first-order valence-electron chi connectivity index (χ1n) is 7.53. The van der Waals surface area contributed by atoms with Gasteiger partial charge in [-0.2, -0.15) is 0 Å². The number of carboxylic acid groups (broad SMARTS) is 1. The van der Waals surface area contributed by atoms with Gasteiger partial charge in [-0.05, 0) is 50.6 Å². The number of benzene rings is 2. The summed E-state index contributed by atoms with van der Waals surface area (Å²) >= 11 is 0. The molecule has 0 aromatic heterocycles. The van der Waals surface area contributed by atoms with E-state index in [4.69, 9.17) is 5.11 Å². The zero-order chi connectivity index (χ0) is 16.1. The van der Waals surface area contributed by atoms with Crippen LogP contribution in [0.25, 0.3) is 0 Å². The third-order valence-corrected chi connectivity index (χ3v) is 4.01. The summed E-state index contributed by atoms with van der Waals surface area (Å²) in [5.74, 6) is -0.878. The van der Waals surface area contributed by atoms with Crippen LogP contribution in [0.2, 0.25) is 0 Å². The van der Waals surface area contributed by atoms with E-state index in [1.807, 2.05) is 6.07 Å². The number of likely N-dealkylation sites (N-methyl/N-ethyl adjacent to an activating group) is 1. The van der Waals surface area contributed by atoms with Crippen LogP contribution in [0, 0.1) is 6.92 Å². The first-order valence-corrected chi connectivity index (χ1v) is 7.53. The zero-order valence-corrected chi connectivity index (χ0v) is 13.4. The Labute approximate surface area is 132 Å². The second kappa shape index (κ2) is 7.23. The number of hydrogen-bond donors (Lipinski definition) is 1. The Hall–Kier alpha value is -2.13. The smallest absolute Gasteiger partial charge is 0.335 e. The Morgan fingerprint density at radius 1 is 1.14 bits per heavy atom. The van der Waals surface area contributed by atoms with Crippen molar-refractivity contribution in [1.29, 1.82) is 0 Å². The molecule has 2 aromatic carbocycles. The van der Waals surface area contributed by atoms with Crippen molar-refractivity contribution in [2.75, 3.05) is 7.05 Å². The monoisotopic (exact) mass is 297 g/mol. The highest BCUT2D eigenvalue weighted by atomic mass is 16.4. The molecule has 3 nitrogen and oxygen atoms in total. The molecule has 116 valence electrons. The van der Waals surface area contributed by atoms with E-state index in [2.05, 4.69) is 50.1 Å². The van der Waals surface area contributed by atoms with E-state index in [1.54, 1.807) is 18.2 Å². The summed E-state index contributed by atoms with van der Waals surface area (Å²) in [5.41, 5.74) is 3.97. The fourth-order valence-electron chi connectivity index (χ4n) is 2.47. The zero-order valence-electron chi connectivity index (χ0n) is 13.4. The minimum Gasteiger partial charge on any atom is -0.478 e. The molecule has 0 saturated carbocycles. The largest absolute Gasteiger partial charge is 0.478 e. The maximum atomic E-state index is 11.0. The van der Waals surface area contributed by atoms with Crippen molar-refractivity contribution in [1.82, 2.24) is 4.90 Å². The summed E-state index contributed by atoms with van der Waals surface area (Å²) in [6.07, 6.45) is 0.982. The lowest BCUT2D eigenvalue weighted by Crippen LogP contribution is -2.30. The van der Waals surface area contributed by atoms with Gasteiger partial charge in [0.2, 0.25) is 0 Å². The lowest BCUT2D eigenvalue weighted by Gasteiger charge is -2.25. The summed E-state index contributed by atoms with van der Waals surface area (Å²) in [5, 5.41) is 9.06. The molecule has 1 unspecified atom stereocenters. The Morgan fingerprint density at radius 3 is 2.45 bits per heavy atom. The van der Waals surface area contributed by atoms with Gasteiger partial charge in [-0.15, -0.1) is 0 Å². The maximum Gasteiger partial charge on any atom is 0.335 e. The van der Waals surface area contributed by atoms with Gasteiger partial charge in [0, 0.05) is 12.6 Å². The summed E-state index contributed by atoms with van der Waals surface area (Å²) < 4.78 is 0. The fraction of sp³-hybridized carbons (Fsp3) is 0.316. The minimum atomic E-state index is -0.878. The Balaban J connectivity index is 1.98. The molecule has 1 N–H and O–H groups in total. The molecule has 0 saturated heterocycles. The average Bonchev–Trinajstić information content (AvgIpc) is 2.49. The molecule has 3 heteroatoms. The summed E-state index contributed by atoms with van der Waals surface area (Å²) in [7, 11) is 2.08. The van der Waals surface area contributed by atoms with Crippen molar-refractivity contribution in [2.24, 2.45) is 0 Å². The summed E-state index contributed by atoms with van der Waals surface area (Å²) in [6, 6.07) is 16.2. The van der Waals surface area contributed by atoms with Crippen LogP contribution in [0.1, 0.15) is 34.0 Å². The molecule has 0 spiro atoms. The number of aromatic carboxylic acids is 1. The topological polar surface area (TPSA) is 40.5 Å². The number of carbonyl (C=O) groups is 1. The van der Waals surface area contributed by atoms with Crippen molar-refractivity contribution in [3.63, 3.8) is 0 Å². The van der Waals surface area contributed by atoms with Crippen molar-refractivity contribution >= 4 is 5.97 Å². The molecule has 0 aliphatic rings. The number of aryl methyl sites for hydroxylation is 1. The number of nitrogens with zero attached hydrogens (tertiary/aromatic N) is 1. The van der Waals surface area contributed by atoms with Gasteiger partial charge in [0.15, 0.2) is 0 Å². The van der Waals surface area contributed by atoms with E-state index in [0.29, 0.717) is 11.6 Å². The van der Waals surface area contributed by atoms with Crippen LogP contribution in [-0.4, -0.2) is 29.1 Å². The van der Waals surface area contributed by atoms with E-state index in [1.165, 1.54) is 11.1 Å². The van der Waals surface area contributed by atoms with Gasteiger partial charge in [-0.1, -0.05) is 42.0 Å². The van der Waals surface area contributed by atoms with Crippen molar-refractivity contribution in [2.45, 2.75) is 32.9 Å². The third-order valence-electron chi connectivity index (χ3n) is 4.01. The van der Waals surface area contributed by atoms with E-state index in [0.717, 1.165) is 18.5 Å². The Bertz CT molecular complexity index is 634. The third kappa shape index (κ3) is 4.43. The van der Waals surface area contributed by atoms with Crippen molar-refractivity contribution in [3.05, 3.63) is 70.8 Å². The highest BCUT2D eigenvalue weighted by Crippen LogP contribution is 2.13. The molecular weight excluding hydrogens is 274 g/mol. The quantitative estimate of drug-likeness (QED) is 0.882. The average molecular weight is 297 g/mol. The van der Waals surface area contributed by atoms with Crippen LogP contribution in [0.5, 0.6) is 0 Å². The van der Waals surface area contributed by atoms with Crippen LogP contribution in [-0.2, 0) is 13.0 Å². The van der Waals surface area contributed by atoms with Gasteiger partial charge >= 0.3 is 5.97 Å². The molecule has 0 amide bonds. The molecule has 0 bridgehead atoms. The highest BCUT2D eigenvalue weighted by Gasteiger charge is 2.11. The molecule has 0 radical (unpaired) electrons. The first kappa shape index (κ1) is 16.2. The van der Waals surface area contributed by atoms with Gasteiger partial charge in [-0.3, -0.25) is 4.90 Å². The van der Waals surface area contributed by atoms with Crippen LogP contribution in [0.3, 0.4) is 0 Å². The van der Waals surface area contributed by atoms with Gasteiger partial charge < -0.3 is 5.11 Å². The fourth-order valence-corrected chi connectivity index (χ4v) is 2.47. The van der Waals surface area contributed by atoms with Gasteiger partial charge in [0.25, 0.3) is 0 Å². The normalized spacial score (nSPS) is 12.4. The van der Waals surface area contributed by atoms with Crippen LogP contribution in [0.4, 0.5) is 0 Å². The minimum absolute atomic E-state index is 0.345. The standard InChI is InChI=1S/C19H23NO2/c1-14-7-9-16(10-8-14)11-15(2)20(3)13-17-5-4-6-18(12-17)19(21)22/h4-10,12,15H,11,13H2,1-3H3,(H,21,22). The van der Waals surface area contributed by atoms with Gasteiger partial charge in [0.1, 0.15) is 0 Å². The molecule has 0 fully saturated rings. The van der Waals surface area contributed by atoms with E-state index in [-0.39, 0.29) is 0 Å². The lowest BCUT2D eigenvalue weighted by atomic mass is 10.0. The van der Waals surface area contributed by atoms with Crippen LogP contribution >= 0.6 is 0 Å². The number of rotatable bonds is 6. The molecule has 1 atom stereocenters. The second-order valence-corrected chi connectivity index (χ2v) is 5.96. The maximum absolute atomic E-state index is 11.0. The van der Waals surface area contributed by atoms with E-state index in [9.17, 15) is 4.79 Å². The summed E-state index contributed by atoms with van der Waals surface area (Å²) in [6.45, 7) is 5.03.